The molecule has 0 saturated heterocycles. The van der Waals surface area contributed by atoms with E-state index in [9.17, 15) is 13.6 Å². The van der Waals surface area contributed by atoms with Crippen LogP contribution in [0.3, 0.4) is 0 Å². The quantitative estimate of drug-likeness (QED) is 0.686. The number of anilines is 1. The fraction of sp³-hybridized carbons (Fsp3) is 0.278. The van der Waals surface area contributed by atoms with Crippen LogP contribution in [-0.2, 0) is 4.79 Å². The Balaban J connectivity index is 1.71. The maximum absolute atomic E-state index is 13.6. The van der Waals surface area contributed by atoms with E-state index >= 15 is 0 Å². The number of hydrogen-bond donors (Lipinski definition) is 3. The summed E-state index contributed by atoms with van der Waals surface area (Å²) < 4.78 is 27.3. The summed E-state index contributed by atoms with van der Waals surface area (Å²) in [6.07, 6.45) is 3.63. The minimum Gasteiger partial charge on any atom is -0.373 e. The second-order valence-corrected chi connectivity index (χ2v) is 6.55. The summed E-state index contributed by atoms with van der Waals surface area (Å²) in [6, 6.07) is 2.97. The Morgan fingerprint density at radius 3 is 2.73 bits per heavy atom. The first kappa shape index (κ1) is 18.4. The summed E-state index contributed by atoms with van der Waals surface area (Å²) in [7, 11) is 1.81. The third kappa shape index (κ3) is 3.73. The molecule has 0 saturated carbocycles. The number of nitrogens with zero attached hydrogens (tertiary/aromatic N) is 1. The Labute approximate surface area is 155 Å². The number of benzene rings is 1. The first-order valence-electron chi connectivity index (χ1n) is 8.10. The number of nitrogens with one attached hydrogen (secondary N) is 3. The first-order chi connectivity index (χ1) is 12.4. The molecule has 138 valence electrons. The molecule has 2 aliphatic heterocycles. The number of allylic oxidation sites excluding steroid dienone is 2. The number of dihydropyridines is 1. The van der Waals surface area contributed by atoms with Crippen LogP contribution in [0.15, 0.2) is 52.4 Å². The Hall–Kier alpha value is -2.38. The number of hydrogen-bond acceptors (Lipinski definition) is 5. The van der Waals surface area contributed by atoms with E-state index in [1.165, 1.54) is 6.07 Å². The van der Waals surface area contributed by atoms with Crippen molar-refractivity contribution >= 4 is 23.1 Å². The number of ketones is 1. The lowest BCUT2D eigenvalue weighted by atomic mass is 10.0. The molecule has 1 atom stereocenters. The van der Waals surface area contributed by atoms with Crippen molar-refractivity contribution < 1.29 is 13.6 Å². The van der Waals surface area contributed by atoms with Gasteiger partial charge >= 0.3 is 0 Å². The lowest BCUT2D eigenvalue weighted by Gasteiger charge is -2.24. The van der Waals surface area contributed by atoms with Crippen LogP contribution in [0, 0.1) is 11.6 Å². The highest BCUT2D eigenvalue weighted by Gasteiger charge is 2.28. The lowest BCUT2D eigenvalue weighted by molar-refractivity contribution is -0.118. The van der Waals surface area contributed by atoms with Crippen LogP contribution in [0.2, 0.25) is 0 Å². The second kappa shape index (κ2) is 7.47. The molecule has 1 aromatic rings. The second-order valence-electron chi connectivity index (χ2n) is 6.14. The van der Waals surface area contributed by atoms with Gasteiger partial charge in [-0.1, -0.05) is 17.7 Å². The minimum atomic E-state index is -0.733. The monoisotopic (exact) mass is 380 g/mol. The van der Waals surface area contributed by atoms with Gasteiger partial charge < -0.3 is 15.6 Å². The predicted molar refractivity (Wildman–Crippen MR) is 97.3 cm³/mol. The van der Waals surface area contributed by atoms with Crippen LogP contribution < -0.4 is 16.1 Å². The average Bonchev–Trinajstić information content (AvgIpc) is 2.96. The van der Waals surface area contributed by atoms with E-state index in [1.54, 1.807) is 11.1 Å². The molecule has 0 fully saturated rings. The van der Waals surface area contributed by atoms with E-state index in [1.807, 2.05) is 20.0 Å². The molecular formula is C18H19ClF2N4O. The van der Waals surface area contributed by atoms with Crippen molar-refractivity contribution in [1.82, 2.24) is 15.8 Å². The molecule has 0 bridgehead atoms. The largest absolute Gasteiger partial charge is 0.373 e. The van der Waals surface area contributed by atoms with Crippen molar-refractivity contribution in [2.24, 2.45) is 0 Å². The molecule has 0 radical (unpaired) electrons. The third-order valence-electron chi connectivity index (χ3n) is 4.33. The molecule has 0 amide bonds. The number of halogens is 3. The Bertz CT molecular complexity index is 814. The van der Waals surface area contributed by atoms with Gasteiger partial charge in [0.05, 0.1) is 12.2 Å². The SMILES string of the molecule is CC1=C(C2=CC(C(=O)CNc3c(F)cccc3F)NN2C)CNC(Cl)=C1. The number of para-hydroxylation sites is 1. The van der Waals surface area contributed by atoms with Gasteiger partial charge in [0, 0.05) is 13.6 Å². The van der Waals surface area contributed by atoms with Crippen molar-refractivity contribution in [3.8, 4) is 0 Å². The highest BCUT2D eigenvalue weighted by molar-refractivity contribution is 6.29. The van der Waals surface area contributed by atoms with E-state index in [0.29, 0.717) is 11.7 Å². The van der Waals surface area contributed by atoms with Crippen molar-refractivity contribution in [2.45, 2.75) is 13.0 Å². The van der Waals surface area contributed by atoms with Crippen LogP contribution >= 0.6 is 11.6 Å². The van der Waals surface area contributed by atoms with Gasteiger partial charge in [0.2, 0.25) is 0 Å². The molecule has 1 aromatic carbocycles. The maximum atomic E-state index is 13.6. The predicted octanol–water partition coefficient (Wildman–Crippen LogP) is 2.65. The zero-order valence-corrected chi connectivity index (χ0v) is 15.1. The van der Waals surface area contributed by atoms with Crippen LogP contribution in [0.1, 0.15) is 6.92 Å². The van der Waals surface area contributed by atoms with Crippen LogP contribution in [-0.4, -0.2) is 37.0 Å². The van der Waals surface area contributed by atoms with Gasteiger partial charge in [-0.15, -0.1) is 0 Å². The highest BCUT2D eigenvalue weighted by atomic mass is 35.5. The molecule has 0 aliphatic carbocycles. The summed E-state index contributed by atoms with van der Waals surface area (Å²) in [4.78, 5) is 12.4. The van der Waals surface area contributed by atoms with Crippen molar-refractivity contribution in [3.05, 3.63) is 64.0 Å². The van der Waals surface area contributed by atoms with Gasteiger partial charge in [0.1, 0.15) is 28.5 Å². The fourth-order valence-electron chi connectivity index (χ4n) is 2.94. The topological polar surface area (TPSA) is 56.4 Å². The number of carbonyl (C=O) groups is 1. The van der Waals surface area contributed by atoms with Gasteiger partial charge in [-0.05, 0) is 42.4 Å². The van der Waals surface area contributed by atoms with Crippen molar-refractivity contribution in [3.63, 3.8) is 0 Å². The maximum Gasteiger partial charge on any atom is 0.174 e. The first-order valence-corrected chi connectivity index (χ1v) is 8.48. The van der Waals surface area contributed by atoms with Gasteiger partial charge in [0.25, 0.3) is 0 Å². The molecule has 1 unspecified atom stereocenters. The van der Waals surface area contributed by atoms with Gasteiger partial charge in [-0.3, -0.25) is 4.79 Å². The van der Waals surface area contributed by atoms with Gasteiger partial charge in [-0.25, -0.2) is 14.2 Å². The molecular weight excluding hydrogens is 362 g/mol. The molecule has 2 aliphatic rings. The third-order valence-corrected chi connectivity index (χ3v) is 4.57. The summed E-state index contributed by atoms with van der Waals surface area (Å²) >= 11 is 5.97. The molecule has 2 heterocycles. The Morgan fingerprint density at radius 2 is 2.08 bits per heavy atom. The zero-order valence-electron chi connectivity index (χ0n) is 14.4. The van der Waals surface area contributed by atoms with Gasteiger partial charge in [-0.2, -0.15) is 0 Å². The summed E-state index contributed by atoms with van der Waals surface area (Å²) in [5.74, 6) is -1.70. The van der Waals surface area contributed by atoms with E-state index < -0.39 is 17.7 Å². The smallest absolute Gasteiger partial charge is 0.174 e. The molecule has 5 nitrogen and oxygen atoms in total. The number of hydrazine groups is 1. The standard InChI is InChI=1S/C18H19ClF2N4O/c1-10-6-17(19)22-8-11(10)15-7-14(24-25(15)2)16(26)9-23-18-12(20)4-3-5-13(18)21/h3-7,14,22-24H,8-9H2,1-2H3. The number of carbonyl (C=O) groups excluding carboxylic acids is 1. The summed E-state index contributed by atoms with van der Waals surface area (Å²) in [6.45, 7) is 2.30. The molecule has 3 N–H and O–H groups in total. The van der Waals surface area contributed by atoms with Gasteiger partial charge in [0.15, 0.2) is 5.78 Å². The zero-order chi connectivity index (χ0) is 18.8. The highest BCUT2D eigenvalue weighted by Crippen LogP contribution is 2.26. The van der Waals surface area contributed by atoms with E-state index in [-0.39, 0.29) is 18.0 Å². The normalized spacial score (nSPS) is 19.9. The Kier molecular flexibility index (Phi) is 5.29. The molecule has 3 rings (SSSR count). The minimum absolute atomic E-state index is 0.199. The van der Waals surface area contributed by atoms with Crippen LogP contribution in [0.5, 0.6) is 0 Å². The number of Topliss-reactive ketones (excluding diaryl/α,β-unsaturated/α-hetero) is 1. The number of likely N-dealkylation sites (N-methyl/N-ethyl adjacent to an activating group) is 1. The van der Waals surface area contributed by atoms with Crippen molar-refractivity contribution in [2.75, 3.05) is 25.5 Å². The van der Waals surface area contributed by atoms with Crippen LogP contribution in [0.25, 0.3) is 0 Å². The average molecular weight is 381 g/mol. The molecule has 0 spiro atoms. The van der Waals surface area contributed by atoms with E-state index in [4.69, 9.17) is 11.6 Å². The summed E-state index contributed by atoms with van der Waals surface area (Å²) in [5, 5.41) is 7.94. The van der Waals surface area contributed by atoms with Crippen molar-refractivity contribution in [1.29, 1.82) is 0 Å². The molecule has 26 heavy (non-hydrogen) atoms. The molecule has 8 heteroatoms. The number of rotatable bonds is 5. The lowest BCUT2D eigenvalue weighted by Crippen LogP contribution is -2.41. The summed E-state index contributed by atoms with van der Waals surface area (Å²) in [5.41, 5.74) is 5.64. The Morgan fingerprint density at radius 1 is 1.38 bits per heavy atom. The fourth-order valence-corrected chi connectivity index (χ4v) is 3.17. The van der Waals surface area contributed by atoms with Crippen LogP contribution in [0.4, 0.5) is 14.5 Å². The van der Waals surface area contributed by atoms with E-state index in [2.05, 4.69) is 16.1 Å². The van der Waals surface area contributed by atoms with E-state index in [0.717, 1.165) is 29.0 Å². The molecule has 0 aromatic heterocycles.